The maximum atomic E-state index is 12.5. The average Bonchev–Trinajstić information content (AvgIpc) is 2.51. The molecule has 0 unspecified atom stereocenters. The standard InChI is InChI=1S/C19H26N2O3S/c1-11(2)10-23-15-8-6-14(7-9-15)17-16(18(22)24-12(3)4)13(5)20-19(25)21-17/h6-9,11-12,17H,10H2,1-5H3,(H2,20,21,25)/t17-/m1/s1. The summed E-state index contributed by atoms with van der Waals surface area (Å²) in [7, 11) is 0. The molecule has 0 bridgehead atoms. The van der Waals surface area contributed by atoms with Gasteiger partial charge in [-0.05, 0) is 56.6 Å². The Bertz CT molecular complexity index is 666. The van der Waals surface area contributed by atoms with Crippen molar-refractivity contribution >= 4 is 23.3 Å². The van der Waals surface area contributed by atoms with Gasteiger partial charge in [-0.15, -0.1) is 0 Å². The van der Waals surface area contributed by atoms with E-state index in [-0.39, 0.29) is 18.1 Å². The second-order valence-electron chi connectivity index (χ2n) is 6.80. The first kappa shape index (κ1) is 19.2. The van der Waals surface area contributed by atoms with Gasteiger partial charge in [0.25, 0.3) is 0 Å². The second kappa shape index (κ2) is 8.34. The zero-order valence-electron chi connectivity index (χ0n) is 15.4. The number of carbonyl (C=O) groups is 1. The Hall–Kier alpha value is -2.08. The van der Waals surface area contributed by atoms with Gasteiger partial charge >= 0.3 is 5.97 Å². The van der Waals surface area contributed by atoms with Crippen LogP contribution in [0, 0.1) is 5.92 Å². The monoisotopic (exact) mass is 362 g/mol. The molecule has 0 spiro atoms. The number of allylic oxidation sites excluding steroid dienone is 1. The maximum absolute atomic E-state index is 12.5. The van der Waals surface area contributed by atoms with E-state index in [0.29, 0.717) is 28.9 Å². The molecule has 0 radical (unpaired) electrons. The minimum atomic E-state index is -0.348. The summed E-state index contributed by atoms with van der Waals surface area (Å²) in [4.78, 5) is 12.5. The predicted octanol–water partition coefficient (Wildman–Crippen LogP) is 3.47. The van der Waals surface area contributed by atoms with Crippen molar-refractivity contribution in [2.45, 2.75) is 46.8 Å². The van der Waals surface area contributed by atoms with E-state index >= 15 is 0 Å². The van der Waals surface area contributed by atoms with Crippen LogP contribution < -0.4 is 15.4 Å². The van der Waals surface area contributed by atoms with E-state index < -0.39 is 0 Å². The van der Waals surface area contributed by atoms with Gasteiger partial charge in [0.2, 0.25) is 0 Å². The molecular formula is C19H26N2O3S. The summed E-state index contributed by atoms with van der Waals surface area (Å²) in [5.41, 5.74) is 2.17. The van der Waals surface area contributed by atoms with E-state index in [1.807, 2.05) is 45.0 Å². The van der Waals surface area contributed by atoms with Crippen molar-refractivity contribution in [2.75, 3.05) is 6.61 Å². The van der Waals surface area contributed by atoms with Crippen LogP contribution in [0.4, 0.5) is 0 Å². The lowest BCUT2D eigenvalue weighted by Crippen LogP contribution is -2.45. The molecule has 1 aliphatic rings. The zero-order chi connectivity index (χ0) is 18.6. The SMILES string of the molecule is CC1=C(C(=O)OC(C)C)[C@@H](c2ccc(OCC(C)C)cc2)NC(=S)N1. The minimum Gasteiger partial charge on any atom is -0.493 e. The number of nitrogens with one attached hydrogen (secondary N) is 2. The third-order valence-corrected chi connectivity index (χ3v) is 3.85. The van der Waals surface area contributed by atoms with Gasteiger partial charge in [-0.3, -0.25) is 0 Å². The summed E-state index contributed by atoms with van der Waals surface area (Å²) in [5, 5.41) is 6.65. The molecule has 5 nitrogen and oxygen atoms in total. The van der Waals surface area contributed by atoms with Crippen LogP contribution in [0.3, 0.4) is 0 Å². The van der Waals surface area contributed by atoms with Crippen molar-refractivity contribution in [3.63, 3.8) is 0 Å². The number of rotatable bonds is 6. The smallest absolute Gasteiger partial charge is 0.338 e. The van der Waals surface area contributed by atoms with E-state index in [2.05, 4.69) is 24.5 Å². The summed E-state index contributed by atoms with van der Waals surface area (Å²) < 4.78 is 11.1. The van der Waals surface area contributed by atoms with Gasteiger partial charge in [0.1, 0.15) is 5.75 Å². The Kier molecular flexibility index (Phi) is 6.42. The van der Waals surface area contributed by atoms with Crippen LogP contribution in [0.25, 0.3) is 0 Å². The van der Waals surface area contributed by atoms with Gasteiger partial charge in [-0.25, -0.2) is 4.79 Å². The first-order valence-electron chi connectivity index (χ1n) is 8.50. The van der Waals surface area contributed by atoms with Crippen LogP contribution in [0.1, 0.15) is 46.2 Å². The summed E-state index contributed by atoms with van der Waals surface area (Å²) >= 11 is 5.25. The average molecular weight is 362 g/mol. The Morgan fingerprint density at radius 1 is 1.20 bits per heavy atom. The molecule has 1 atom stereocenters. The molecule has 136 valence electrons. The first-order chi connectivity index (χ1) is 11.8. The zero-order valence-corrected chi connectivity index (χ0v) is 16.2. The van der Waals surface area contributed by atoms with Crippen LogP contribution in [0.5, 0.6) is 5.75 Å². The number of benzene rings is 1. The highest BCUT2D eigenvalue weighted by Crippen LogP contribution is 2.29. The van der Waals surface area contributed by atoms with Crippen LogP contribution in [-0.2, 0) is 9.53 Å². The van der Waals surface area contributed by atoms with Gasteiger partial charge in [-0.1, -0.05) is 26.0 Å². The maximum Gasteiger partial charge on any atom is 0.338 e. The van der Waals surface area contributed by atoms with E-state index in [1.54, 1.807) is 0 Å². The number of carbonyl (C=O) groups excluding carboxylic acids is 1. The molecule has 0 saturated heterocycles. The van der Waals surface area contributed by atoms with E-state index in [0.717, 1.165) is 11.3 Å². The van der Waals surface area contributed by atoms with Crippen LogP contribution in [-0.4, -0.2) is 23.8 Å². The third kappa shape index (κ3) is 5.19. The summed E-state index contributed by atoms with van der Waals surface area (Å²) in [6.45, 7) is 10.4. The molecule has 6 heteroatoms. The van der Waals surface area contributed by atoms with Crippen molar-refractivity contribution in [1.29, 1.82) is 0 Å². The first-order valence-corrected chi connectivity index (χ1v) is 8.90. The van der Waals surface area contributed by atoms with Crippen molar-refractivity contribution in [1.82, 2.24) is 10.6 Å². The quantitative estimate of drug-likeness (QED) is 0.597. The number of hydrogen-bond donors (Lipinski definition) is 2. The molecule has 2 rings (SSSR count). The molecule has 1 aliphatic heterocycles. The molecule has 0 amide bonds. The largest absolute Gasteiger partial charge is 0.493 e. The molecular weight excluding hydrogens is 336 g/mol. The highest BCUT2D eigenvalue weighted by atomic mass is 32.1. The molecule has 1 aromatic rings. The number of esters is 1. The van der Waals surface area contributed by atoms with Gasteiger partial charge < -0.3 is 20.1 Å². The van der Waals surface area contributed by atoms with E-state index in [4.69, 9.17) is 21.7 Å². The summed E-state index contributed by atoms with van der Waals surface area (Å²) in [6.07, 6.45) is -0.186. The van der Waals surface area contributed by atoms with E-state index in [9.17, 15) is 4.79 Å². The lowest BCUT2D eigenvalue weighted by atomic mass is 9.95. The minimum absolute atomic E-state index is 0.186. The number of thiocarbonyl (C=S) groups is 1. The van der Waals surface area contributed by atoms with Crippen molar-refractivity contribution in [2.24, 2.45) is 5.92 Å². The Labute approximate surface area is 154 Å². The predicted molar refractivity (Wildman–Crippen MR) is 102 cm³/mol. The fraction of sp³-hybridized carbons (Fsp3) is 0.474. The van der Waals surface area contributed by atoms with Crippen molar-refractivity contribution in [3.8, 4) is 5.75 Å². The lowest BCUT2D eigenvalue weighted by molar-refractivity contribution is -0.143. The highest BCUT2D eigenvalue weighted by molar-refractivity contribution is 7.80. The normalized spacial score (nSPS) is 17.4. The number of hydrogen-bond acceptors (Lipinski definition) is 4. The van der Waals surface area contributed by atoms with Crippen LogP contribution in [0.2, 0.25) is 0 Å². The molecule has 1 heterocycles. The van der Waals surface area contributed by atoms with E-state index in [1.165, 1.54) is 0 Å². The molecule has 0 aromatic heterocycles. The van der Waals surface area contributed by atoms with Gasteiger partial charge in [0.05, 0.1) is 24.3 Å². The van der Waals surface area contributed by atoms with Gasteiger partial charge in [-0.2, -0.15) is 0 Å². The highest BCUT2D eigenvalue weighted by Gasteiger charge is 2.31. The third-order valence-electron chi connectivity index (χ3n) is 3.63. The molecule has 2 N–H and O–H groups in total. The van der Waals surface area contributed by atoms with Crippen molar-refractivity contribution in [3.05, 3.63) is 41.1 Å². The summed E-state index contributed by atoms with van der Waals surface area (Å²) in [6, 6.07) is 7.35. The van der Waals surface area contributed by atoms with Gasteiger partial charge in [0, 0.05) is 5.70 Å². The topological polar surface area (TPSA) is 59.6 Å². The Morgan fingerprint density at radius 3 is 2.40 bits per heavy atom. The second-order valence-corrected chi connectivity index (χ2v) is 7.21. The molecule has 0 saturated carbocycles. The Balaban J connectivity index is 2.26. The summed E-state index contributed by atoms with van der Waals surface area (Å²) in [5.74, 6) is 0.923. The molecule has 0 aliphatic carbocycles. The lowest BCUT2D eigenvalue weighted by Gasteiger charge is -2.30. The fourth-order valence-corrected chi connectivity index (χ4v) is 2.78. The molecule has 0 fully saturated rings. The fourth-order valence-electron chi connectivity index (χ4n) is 2.51. The van der Waals surface area contributed by atoms with Crippen LogP contribution >= 0.6 is 12.2 Å². The number of ether oxygens (including phenoxy) is 2. The van der Waals surface area contributed by atoms with Crippen LogP contribution in [0.15, 0.2) is 35.5 Å². The van der Waals surface area contributed by atoms with Crippen molar-refractivity contribution < 1.29 is 14.3 Å². The molecule has 1 aromatic carbocycles. The molecule has 25 heavy (non-hydrogen) atoms. The van der Waals surface area contributed by atoms with Gasteiger partial charge in [0.15, 0.2) is 5.11 Å². The Morgan fingerprint density at radius 2 is 1.84 bits per heavy atom.